The van der Waals surface area contributed by atoms with Gasteiger partial charge in [0, 0.05) is 12.0 Å². The molecular weight excluding hydrogens is 274 g/mol. The molecule has 1 aromatic rings. The number of carbonyl (C=O) groups is 4. The average Bonchev–Trinajstić information content (AvgIpc) is 2.51. The summed E-state index contributed by atoms with van der Waals surface area (Å²) in [7, 11) is 0. The number of amides is 1. The van der Waals surface area contributed by atoms with Crippen molar-refractivity contribution >= 4 is 24.4 Å². The van der Waals surface area contributed by atoms with Gasteiger partial charge in [-0.15, -0.1) is 0 Å². The van der Waals surface area contributed by atoms with Crippen LogP contribution >= 0.6 is 0 Å². The Morgan fingerprint density at radius 3 is 2.43 bits per heavy atom. The van der Waals surface area contributed by atoms with Crippen LogP contribution in [0.2, 0.25) is 0 Å². The van der Waals surface area contributed by atoms with Crippen LogP contribution in [0.5, 0.6) is 0 Å². The molecule has 0 spiro atoms. The molecule has 1 N–H and O–H groups in total. The third-order valence-corrected chi connectivity index (χ3v) is 2.85. The van der Waals surface area contributed by atoms with Gasteiger partial charge in [-0.25, -0.2) is 0 Å². The van der Waals surface area contributed by atoms with Crippen molar-refractivity contribution in [2.24, 2.45) is 5.92 Å². The van der Waals surface area contributed by atoms with Crippen LogP contribution in [0, 0.1) is 5.92 Å². The van der Waals surface area contributed by atoms with Crippen LogP contribution in [0.4, 0.5) is 0 Å². The zero-order valence-corrected chi connectivity index (χ0v) is 11.7. The zero-order valence-electron chi connectivity index (χ0n) is 11.7. The Morgan fingerprint density at radius 1 is 1.24 bits per heavy atom. The maximum absolute atomic E-state index is 12.0. The van der Waals surface area contributed by atoms with E-state index in [2.05, 4.69) is 5.32 Å². The van der Waals surface area contributed by atoms with E-state index in [0.717, 1.165) is 0 Å². The van der Waals surface area contributed by atoms with Crippen molar-refractivity contribution in [2.75, 3.05) is 6.61 Å². The van der Waals surface area contributed by atoms with Gasteiger partial charge in [-0.3, -0.25) is 9.59 Å². The normalized spacial score (nSPS) is 12.8. The second-order valence-electron chi connectivity index (χ2n) is 4.26. The van der Waals surface area contributed by atoms with Gasteiger partial charge in [0.2, 0.25) is 0 Å². The maximum Gasteiger partial charge on any atom is 0.311 e. The Bertz CT molecular complexity index is 500. The molecule has 112 valence electrons. The standard InChI is InChI=1S/C15H17NO5/c1-2-21-15(20)12(8-9-17)13(10-18)16-14(19)11-6-4-3-5-7-11/h3-7,9-10,12-13H,2,8H2,1H3,(H,16,19)/t12-,13+/m1/s1. The fraction of sp³-hybridized carbons (Fsp3) is 0.333. The Morgan fingerprint density at radius 2 is 1.90 bits per heavy atom. The van der Waals surface area contributed by atoms with Gasteiger partial charge in [0.15, 0.2) is 0 Å². The highest BCUT2D eigenvalue weighted by Gasteiger charge is 2.30. The van der Waals surface area contributed by atoms with Gasteiger partial charge in [0.1, 0.15) is 12.6 Å². The molecule has 6 heteroatoms. The van der Waals surface area contributed by atoms with Gasteiger partial charge in [-0.05, 0) is 19.1 Å². The van der Waals surface area contributed by atoms with Crippen LogP contribution < -0.4 is 5.32 Å². The van der Waals surface area contributed by atoms with Gasteiger partial charge >= 0.3 is 5.97 Å². The predicted octanol–water partition coefficient (Wildman–Crippen LogP) is 0.752. The third-order valence-electron chi connectivity index (χ3n) is 2.85. The van der Waals surface area contributed by atoms with E-state index in [1.54, 1.807) is 37.3 Å². The summed E-state index contributed by atoms with van der Waals surface area (Å²) in [4.78, 5) is 45.6. The van der Waals surface area contributed by atoms with Crippen molar-refractivity contribution in [1.29, 1.82) is 0 Å². The van der Waals surface area contributed by atoms with Crippen molar-refractivity contribution in [2.45, 2.75) is 19.4 Å². The largest absolute Gasteiger partial charge is 0.466 e. The summed E-state index contributed by atoms with van der Waals surface area (Å²) < 4.78 is 4.82. The molecule has 0 saturated heterocycles. The molecule has 1 rings (SSSR count). The van der Waals surface area contributed by atoms with Gasteiger partial charge in [0.25, 0.3) is 5.91 Å². The SMILES string of the molecule is CCOC(=O)[C@H](CC=O)[C@H](C=O)NC(=O)c1ccccc1. The van der Waals surface area contributed by atoms with Gasteiger partial charge < -0.3 is 19.6 Å². The van der Waals surface area contributed by atoms with E-state index >= 15 is 0 Å². The van der Waals surface area contributed by atoms with E-state index in [0.29, 0.717) is 18.1 Å². The molecule has 0 saturated carbocycles. The lowest BCUT2D eigenvalue weighted by molar-refractivity contribution is -0.150. The molecular formula is C15H17NO5. The maximum atomic E-state index is 12.0. The first-order valence-corrected chi connectivity index (χ1v) is 6.55. The molecule has 0 aliphatic carbocycles. The molecule has 6 nitrogen and oxygen atoms in total. The van der Waals surface area contributed by atoms with Gasteiger partial charge in [-0.1, -0.05) is 18.2 Å². The molecule has 21 heavy (non-hydrogen) atoms. The number of benzene rings is 1. The topological polar surface area (TPSA) is 89.5 Å². The molecule has 0 unspecified atom stereocenters. The minimum absolute atomic E-state index is 0.131. The fourth-order valence-electron chi connectivity index (χ4n) is 1.80. The van der Waals surface area contributed by atoms with Crippen molar-refractivity contribution in [3.05, 3.63) is 35.9 Å². The lowest BCUT2D eigenvalue weighted by Crippen LogP contribution is -2.45. The smallest absolute Gasteiger partial charge is 0.311 e. The molecule has 0 aromatic heterocycles. The Labute approximate surface area is 122 Å². The summed E-state index contributed by atoms with van der Waals surface area (Å²) in [5.74, 6) is -2.20. The number of aldehydes is 2. The van der Waals surface area contributed by atoms with E-state index in [1.165, 1.54) is 0 Å². The molecule has 2 atom stereocenters. The minimum atomic E-state index is -1.11. The van der Waals surface area contributed by atoms with Gasteiger partial charge in [0.05, 0.1) is 18.6 Å². The summed E-state index contributed by atoms with van der Waals surface area (Å²) in [6.45, 7) is 1.75. The average molecular weight is 291 g/mol. The number of nitrogens with one attached hydrogen (secondary N) is 1. The Kier molecular flexibility index (Phi) is 6.80. The highest BCUT2D eigenvalue weighted by atomic mass is 16.5. The van der Waals surface area contributed by atoms with Crippen LogP contribution in [-0.4, -0.2) is 37.1 Å². The molecule has 0 aliphatic heterocycles. The van der Waals surface area contributed by atoms with E-state index < -0.39 is 23.8 Å². The summed E-state index contributed by atoms with van der Waals surface area (Å²) in [5, 5.41) is 2.44. The lowest BCUT2D eigenvalue weighted by Gasteiger charge is -2.20. The monoisotopic (exact) mass is 291 g/mol. The first kappa shape index (κ1) is 16.6. The van der Waals surface area contributed by atoms with Crippen LogP contribution in [0.1, 0.15) is 23.7 Å². The molecule has 1 aromatic carbocycles. The third kappa shape index (κ3) is 4.83. The number of ether oxygens (including phenoxy) is 1. The molecule has 0 aliphatic rings. The molecule has 0 heterocycles. The highest BCUT2D eigenvalue weighted by molar-refractivity contribution is 5.96. The predicted molar refractivity (Wildman–Crippen MR) is 74.6 cm³/mol. The molecule has 0 radical (unpaired) electrons. The molecule has 0 bridgehead atoms. The van der Waals surface area contributed by atoms with E-state index in [1.807, 2.05) is 0 Å². The second-order valence-corrected chi connectivity index (χ2v) is 4.26. The second kappa shape index (κ2) is 8.63. The quantitative estimate of drug-likeness (QED) is 0.564. The van der Waals surface area contributed by atoms with Crippen molar-refractivity contribution < 1.29 is 23.9 Å². The van der Waals surface area contributed by atoms with Crippen molar-refractivity contribution in [1.82, 2.24) is 5.32 Å². The number of esters is 1. The van der Waals surface area contributed by atoms with E-state index in [-0.39, 0.29) is 13.0 Å². The molecule has 1 amide bonds. The fourth-order valence-corrected chi connectivity index (χ4v) is 1.80. The zero-order chi connectivity index (χ0) is 15.7. The van der Waals surface area contributed by atoms with Gasteiger partial charge in [-0.2, -0.15) is 0 Å². The van der Waals surface area contributed by atoms with Crippen molar-refractivity contribution in [3.63, 3.8) is 0 Å². The van der Waals surface area contributed by atoms with Crippen LogP contribution in [0.3, 0.4) is 0 Å². The summed E-state index contributed by atoms with van der Waals surface area (Å²) >= 11 is 0. The van der Waals surface area contributed by atoms with E-state index in [9.17, 15) is 19.2 Å². The van der Waals surface area contributed by atoms with Crippen LogP contribution in [0.25, 0.3) is 0 Å². The number of hydrogen-bond acceptors (Lipinski definition) is 5. The van der Waals surface area contributed by atoms with E-state index in [4.69, 9.17) is 4.74 Å². The van der Waals surface area contributed by atoms with Crippen LogP contribution in [0.15, 0.2) is 30.3 Å². The van der Waals surface area contributed by atoms with Crippen molar-refractivity contribution in [3.8, 4) is 0 Å². The summed E-state index contributed by atoms with van der Waals surface area (Å²) in [6.07, 6.45) is 0.760. The van der Waals surface area contributed by atoms with Crippen LogP contribution in [-0.2, 0) is 19.1 Å². The Balaban J connectivity index is 2.83. The Hall–Kier alpha value is -2.50. The lowest BCUT2D eigenvalue weighted by atomic mass is 9.97. The highest BCUT2D eigenvalue weighted by Crippen LogP contribution is 2.10. The minimum Gasteiger partial charge on any atom is -0.466 e. The number of carbonyl (C=O) groups excluding carboxylic acids is 4. The molecule has 0 fully saturated rings. The summed E-state index contributed by atoms with van der Waals surface area (Å²) in [6, 6.07) is 7.16. The summed E-state index contributed by atoms with van der Waals surface area (Å²) in [5.41, 5.74) is 0.359. The first-order valence-electron chi connectivity index (χ1n) is 6.55. The first-order chi connectivity index (χ1) is 10.1. The number of rotatable bonds is 8. The number of hydrogen-bond donors (Lipinski definition) is 1.